The lowest BCUT2D eigenvalue weighted by Gasteiger charge is -2.25. The molecule has 1 aliphatic heterocycles. The van der Waals surface area contributed by atoms with Gasteiger partial charge in [-0.15, -0.1) is 11.3 Å². The van der Waals surface area contributed by atoms with E-state index in [4.69, 9.17) is 9.72 Å². The summed E-state index contributed by atoms with van der Waals surface area (Å²) < 4.78 is 37.2. The van der Waals surface area contributed by atoms with E-state index in [2.05, 4.69) is 9.78 Å². The van der Waals surface area contributed by atoms with E-state index in [1.807, 2.05) is 66.9 Å². The first-order chi connectivity index (χ1) is 17.6. The van der Waals surface area contributed by atoms with Crippen molar-refractivity contribution in [2.45, 2.75) is 30.3 Å². The highest BCUT2D eigenvalue weighted by atomic mass is 32.2. The quantitative estimate of drug-likeness (QED) is 0.268. The predicted molar refractivity (Wildman–Crippen MR) is 144 cm³/mol. The first-order valence-electron chi connectivity index (χ1n) is 12.2. The predicted octanol–water partition coefficient (Wildman–Crippen LogP) is 5.63. The maximum atomic E-state index is 13.8. The van der Waals surface area contributed by atoms with Crippen LogP contribution in [0, 0.1) is 0 Å². The number of aromatic nitrogens is 2. The van der Waals surface area contributed by atoms with Crippen molar-refractivity contribution in [3.8, 4) is 11.3 Å². The third-order valence-corrected chi connectivity index (χ3v) is 9.51. The van der Waals surface area contributed by atoms with Crippen LogP contribution < -0.4 is 0 Å². The number of hydrogen-bond donors (Lipinski definition) is 0. The number of imidazole rings is 1. The topological polar surface area (TPSA) is 63.9 Å². The van der Waals surface area contributed by atoms with Crippen LogP contribution in [0.25, 0.3) is 27.0 Å². The van der Waals surface area contributed by atoms with Crippen molar-refractivity contribution in [2.24, 2.45) is 0 Å². The van der Waals surface area contributed by atoms with Gasteiger partial charge in [0.15, 0.2) is 4.96 Å². The Morgan fingerprint density at radius 1 is 1.03 bits per heavy atom. The van der Waals surface area contributed by atoms with Gasteiger partial charge in [-0.25, -0.2) is 13.4 Å². The molecule has 6 rings (SSSR count). The van der Waals surface area contributed by atoms with Gasteiger partial charge in [0.05, 0.1) is 16.7 Å². The molecule has 1 aliphatic rings. The minimum atomic E-state index is -3.69. The molecule has 0 aliphatic carbocycles. The molecule has 0 bridgehead atoms. The second-order valence-electron chi connectivity index (χ2n) is 9.13. The molecule has 36 heavy (non-hydrogen) atoms. The standard InChI is InChI=1S/C28H27N3O3S2/c32-36(33,26-13-12-21-7-4-5-10-23(21)17-26)30(18-25-11-6-16-34-25)15-14-24-20-35-28-29-27(19-31(24)28)22-8-2-1-3-9-22/h1-5,7-10,12-13,17,19-20,25H,6,11,14-16,18H2. The van der Waals surface area contributed by atoms with Gasteiger partial charge in [-0.05, 0) is 35.7 Å². The van der Waals surface area contributed by atoms with Gasteiger partial charge >= 0.3 is 0 Å². The SMILES string of the molecule is O=S(=O)(c1ccc2ccccc2c1)N(CCc1csc2nc(-c3ccccc3)cn12)CC1CCCO1. The van der Waals surface area contributed by atoms with E-state index in [0.717, 1.165) is 45.5 Å². The van der Waals surface area contributed by atoms with Gasteiger partial charge in [-0.1, -0.05) is 60.7 Å². The van der Waals surface area contributed by atoms with Crippen LogP contribution in [0.3, 0.4) is 0 Å². The molecule has 0 saturated carbocycles. The highest BCUT2D eigenvalue weighted by Gasteiger charge is 2.29. The van der Waals surface area contributed by atoms with Gasteiger partial charge in [-0.2, -0.15) is 4.31 Å². The summed E-state index contributed by atoms with van der Waals surface area (Å²) in [6.07, 6.45) is 4.41. The first-order valence-corrected chi connectivity index (χ1v) is 14.5. The molecule has 0 amide bonds. The van der Waals surface area contributed by atoms with Gasteiger partial charge in [0.2, 0.25) is 10.0 Å². The Bertz CT molecular complexity index is 1600. The third-order valence-electron chi connectivity index (χ3n) is 6.76. The van der Waals surface area contributed by atoms with Crippen LogP contribution >= 0.6 is 11.3 Å². The number of sulfonamides is 1. The maximum Gasteiger partial charge on any atom is 0.243 e. The van der Waals surface area contributed by atoms with Crippen LogP contribution in [0.2, 0.25) is 0 Å². The number of ether oxygens (including phenoxy) is 1. The minimum Gasteiger partial charge on any atom is -0.377 e. The molecule has 5 aromatic rings. The molecule has 0 spiro atoms. The molecule has 0 radical (unpaired) electrons. The summed E-state index contributed by atoms with van der Waals surface area (Å²) in [5.41, 5.74) is 3.04. The fourth-order valence-corrected chi connectivity index (χ4v) is 7.21. The number of benzene rings is 3. The van der Waals surface area contributed by atoms with E-state index in [9.17, 15) is 8.42 Å². The summed E-state index contributed by atoms with van der Waals surface area (Å²) in [6, 6.07) is 23.3. The molecule has 1 fully saturated rings. The molecule has 8 heteroatoms. The van der Waals surface area contributed by atoms with Gasteiger partial charge in [-0.3, -0.25) is 4.40 Å². The largest absolute Gasteiger partial charge is 0.377 e. The Balaban J connectivity index is 1.28. The van der Waals surface area contributed by atoms with Crippen molar-refractivity contribution < 1.29 is 13.2 Å². The molecular formula is C28H27N3O3S2. The maximum absolute atomic E-state index is 13.8. The van der Waals surface area contributed by atoms with E-state index in [0.29, 0.717) is 31.0 Å². The minimum absolute atomic E-state index is 0.0688. The van der Waals surface area contributed by atoms with E-state index < -0.39 is 10.0 Å². The Morgan fingerprint density at radius 3 is 2.64 bits per heavy atom. The molecule has 6 nitrogen and oxygen atoms in total. The van der Waals surface area contributed by atoms with Crippen molar-refractivity contribution in [2.75, 3.05) is 19.7 Å². The summed E-state index contributed by atoms with van der Waals surface area (Å²) in [6.45, 7) is 1.43. The van der Waals surface area contributed by atoms with Crippen molar-refractivity contribution in [3.05, 3.63) is 90.1 Å². The van der Waals surface area contributed by atoms with Crippen LogP contribution in [0.1, 0.15) is 18.5 Å². The fraction of sp³-hybridized carbons (Fsp3) is 0.250. The number of fused-ring (bicyclic) bond motifs is 2. The highest BCUT2D eigenvalue weighted by molar-refractivity contribution is 7.89. The summed E-state index contributed by atoms with van der Waals surface area (Å²) >= 11 is 1.58. The second-order valence-corrected chi connectivity index (χ2v) is 11.9. The summed E-state index contributed by atoms with van der Waals surface area (Å²) in [4.78, 5) is 6.00. The first kappa shape index (κ1) is 23.4. The Kier molecular flexibility index (Phi) is 6.35. The average molecular weight is 518 g/mol. The fourth-order valence-electron chi connectivity index (χ4n) is 4.80. The lowest BCUT2D eigenvalue weighted by molar-refractivity contribution is 0.0939. The Hall–Kier alpha value is -3.04. The molecule has 2 aromatic heterocycles. The third kappa shape index (κ3) is 4.57. The lowest BCUT2D eigenvalue weighted by Crippen LogP contribution is -2.38. The van der Waals surface area contributed by atoms with E-state index in [1.54, 1.807) is 27.8 Å². The highest BCUT2D eigenvalue weighted by Crippen LogP contribution is 2.26. The molecular weight excluding hydrogens is 490 g/mol. The molecule has 1 unspecified atom stereocenters. The molecule has 3 heterocycles. The van der Waals surface area contributed by atoms with Crippen LogP contribution in [0.4, 0.5) is 0 Å². The van der Waals surface area contributed by atoms with E-state index in [1.165, 1.54) is 0 Å². The molecule has 184 valence electrons. The van der Waals surface area contributed by atoms with Crippen molar-refractivity contribution in [1.82, 2.24) is 13.7 Å². The van der Waals surface area contributed by atoms with Crippen LogP contribution in [-0.2, 0) is 21.2 Å². The van der Waals surface area contributed by atoms with Gasteiger partial charge in [0, 0.05) is 49.0 Å². The van der Waals surface area contributed by atoms with Crippen molar-refractivity contribution in [3.63, 3.8) is 0 Å². The number of hydrogen-bond acceptors (Lipinski definition) is 5. The van der Waals surface area contributed by atoms with Gasteiger partial charge < -0.3 is 4.74 Å². The molecule has 0 N–H and O–H groups in total. The Labute approximate surface area is 214 Å². The Morgan fingerprint density at radius 2 is 1.83 bits per heavy atom. The number of nitrogens with zero attached hydrogens (tertiary/aromatic N) is 3. The summed E-state index contributed by atoms with van der Waals surface area (Å²) in [5, 5.41) is 4.02. The van der Waals surface area contributed by atoms with Crippen LogP contribution in [0.15, 0.2) is 89.3 Å². The van der Waals surface area contributed by atoms with Gasteiger partial charge in [0.1, 0.15) is 0 Å². The van der Waals surface area contributed by atoms with Crippen LogP contribution in [0.5, 0.6) is 0 Å². The average Bonchev–Trinajstić information content (AvgIpc) is 3.65. The smallest absolute Gasteiger partial charge is 0.243 e. The van der Waals surface area contributed by atoms with Crippen molar-refractivity contribution in [1.29, 1.82) is 0 Å². The second kappa shape index (κ2) is 9.78. The zero-order chi connectivity index (χ0) is 24.5. The van der Waals surface area contributed by atoms with Gasteiger partial charge in [0.25, 0.3) is 0 Å². The zero-order valence-corrected chi connectivity index (χ0v) is 21.4. The van der Waals surface area contributed by atoms with Crippen LogP contribution in [-0.4, -0.2) is 47.9 Å². The number of thiazole rings is 1. The van der Waals surface area contributed by atoms with Crippen molar-refractivity contribution >= 4 is 37.1 Å². The molecule has 1 atom stereocenters. The zero-order valence-electron chi connectivity index (χ0n) is 19.8. The molecule has 3 aromatic carbocycles. The van der Waals surface area contributed by atoms with E-state index in [-0.39, 0.29) is 6.10 Å². The lowest BCUT2D eigenvalue weighted by atomic mass is 10.1. The molecule has 1 saturated heterocycles. The summed E-state index contributed by atoms with van der Waals surface area (Å²) in [5.74, 6) is 0. The normalized spacial score (nSPS) is 16.4. The summed E-state index contributed by atoms with van der Waals surface area (Å²) in [7, 11) is -3.69. The monoisotopic (exact) mass is 517 g/mol. The van der Waals surface area contributed by atoms with E-state index >= 15 is 0 Å². The number of rotatable bonds is 8.